The first-order chi connectivity index (χ1) is 11.2. The van der Waals surface area contributed by atoms with E-state index in [2.05, 4.69) is 23.6 Å². The van der Waals surface area contributed by atoms with Gasteiger partial charge in [0, 0.05) is 17.3 Å². The van der Waals surface area contributed by atoms with Crippen LogP contribution >= 0.6 is 0 Å². The van der Waals surface area contributed by atoms with Crippen molar-refractivity contribution in [2.24, 2.45) is 0 Å². The Morgan fingerprint density at radius 3 is 2.43 bits per heavy atom. The molecule has 0 aliphatic heterocycles. The second-order valence-electron chi connectivity index (χ2n) is 5.70. The predicted molar refractivity (Wildman–Crippen MR) is 93.8 cm³/mol. The highest BCUT2D eigenvalue weighted by Gasteiger charge is 2.19. The van der Waals surface area contributed by atoms with Crippen LogP contribution in [0, 0.1) is 6.92 Å². The van der Waals surface area contributed by atoms with E-state index in [4.69, 9.17) is 4.42 Å². The second kappa shape index (κ2) is 5.13. The largest absolute Gasteiger partial charge is 0.405 e. The summed E-state index contributed by atoms with van der Waals surface area (Å²) in [4.78, 5) is 12.6. The van der Waals surface area contributed by atoms with Crippen molar-refractivity contribution < 1.29 is 4.42 Å². The van der Waals surface area contributed by atoms with Crippen LogP contribution in [0.1, 0.15) is 12.5 Å². The molecule has 0 aliphatic carbocycles. The summed E-state index contributed by atoms with van der Waals surface area (Å²) in [5, 5.41) is 2.16. The zero-order valence-electron chi connectivity index (χ0n) is 13.2. The van der Waals surface area contributed by atoms with Crippen LogP contribution in [-0.2, 0) is 6.54 Å². The number of rotatable bonds is 2. The molecule has 0 N–H and O–H groups in total. The van der Waals surface area contributed by atoms with Crippen LogP contribution in [-0.4, -0.2) is 4.57 Å². The van der Waals surface area contributed by atoms with E-state index >= 15 is 0 Å². The Labute approximate surface area is 133 Å². The van der Waals surface area contributed by atoms with E-state index in [0.29, 0.717) is 11.3 Å². The summed E-state index contributed by atoms with van der Waals surface area (Å²) in [6.07, 6.45) is 0. The Hall–Kier alpha value is -2.81. The molecular formula is C20H17NO2. The fourth-order valence-electron chi connectivity index (χ4n) is 3.42. The van der Waals surface area contributed by atoms with E-state index in [1.165, 1.54) is 0 Å². The maximum Gasteiger partial charge on any atom is 0.345 e. The van der Waals surface area contributed by atoms with Crippen molar-refractivity contribution in [2.75, 3.05) is 0 Å². The van der Waals surface area contributed by atoms with Crippen LogP contribution < -0.4 is 5.63 Å². The minimum Gasteiger partial charge on any atom is -0.405 e. The van der Waals surface area contributed by atoms with E-state index in [9.17, 15) is 4.79 Å². The summed E-state index contributed by atoms with van der Waals surface area (Å²) in [6, 6.07) is 17.9. The highest BCUT2D eigenvalue weighted by Crippen LogP contribution is 2.34. The van der Waals surface area contributed by atoms with Gasteiger partial charge in [0.1, 0.15) is 0 Å². The molecule has 114 valence electrons. The van der Waals surface area contributed by atoms with Crippen LogP contribution in [0.4, 0.5) is 0 Å². The molecule has 0 amide bonds. The van der Waals surface area contributed by atoms with Crippen LogP contribution in [0.25, 0.3) is 33.1 Å². The first-order valence-electron chi connectivity index (χ1n) is 7.82. The molecule has 2 aromatic heterocycles. The fraction of sp³-hybridized carbons (Fsp3) is 0.150. The average molecular weight is 303 g/mol. The van der Waals surface area contributed by atoms with Gasteiger partial charge in [0.15, 0.2) is 0 Å². The highest BCUT2D eigenvalue weighted by atomic mass is 16.4. The fourth-order valence-corrected chi connectivity index (χ4v) is 3.42. The number of hydrogen-bond acceptors (Lipinski definition) is 2. The molecule has 0 saturated heterocycles. The molecule has 23 heavy (non-hydrogen) atoms. The van der Waals surface area contributed by atoms with Gasteiger partial charge < -0.3 is 8.98 Å². The Kier molecular flexibility index (Phi) is 3.08. The molecule has 3 heteroatoms. The first kappa shape index (κ1) is 13.8. The topological polar surface area (TPSA) is 35.1 Å². The van der Waals surface area contributed by atoms with Crippen LogP contribution in [0.3, 0.4) is 0 Å². The van der Waals surface area contributed by atoms with Gasteiger partial charge in [-0.2, -0.15) is 0 Å². The summed E-state index contributed by atoms with van der Waals surface area (Å²) in [5.41, 5.74) is 4.01. The van der Waals surface area contributed by atoms with Crippen molar-refractivity contribution >= 4 is 22.0 Å². The number of aromatic nitrogens is 1. The Morgan fingerprint density at radius 2 is 1.70 bits per heavy atom. The predicted octanol–water partition coefficient (Wildman–Crippen LogP) is 4.74. The smallest absolute Gasteiger partial charge is 0.345 e. The number of fused-ring (bicyclic) bond motifs is 3. The molecule has 0 bridgehead atoms. The third kappa shape index (κ3) is 1.93. The maximum absolute atomic E-state index is 12.6. The van der Waals surface area contributed by atoms with Crippen molar-refractivity contribution in [1.82, 2.24) is 4.57 Å². The lowest BCUT2D eigenvalue weighted by atomic mass is 10.00. The third-order valence-electron chi connectivity index (χ3n) is 4.45. The van der Waals surface area contributed by atoms with Crippen molar-refractivity contribution in [3.05, 3.63) is 70.6 Å². The number of para-hydroxylation sites is 1. The lowest BCUT2D eigenvalue weighted by Crippen LogP contribution is -2.07. The van der Waals surface area contributed by atoms with Gasteiger partial charge in [-0.1, -0.05) is 48.5 Å². The van der Waals surface area contributed by atoms with E-state index in [-0.39, 0.29) is 5.63 Å². The van der Waals surface area contributed by atoms with Crippen LogP contribution in [0.2, 0.25) is 0 Å². The zero-order chi connectivity index (χ0) is 16.0. The first-order valence-corrected chi connectivity index (χ1v) is 7.82. The molecule has 0 aliphatic rings. The van der Waals surface area contributed by atoms with Gasteiger partial charge in [0.25, 0.3) is 0 Å². The summed E-state index contributed by atoms with van der Waals surface area (Å²) >= 11 is 0. The van der Waals surface area contributed by atoms with Gasteiger partial charge in [-0.05, 0) is 31.0 Å². The number of aryl methyl sites for hydroxylation is 2. The van der Waals surface area contributed by atoms with E-state index in [1.807, 2.05) is 49.4 Å². The molecule has 0 saturated carbocycles. The molecule has 3 nitrogen and oxygen atoms in total. The summed E-state index contributed by atoms with van der Waals surface area (Å²) < 4.78 is 7.81. The van der Waals surface area contributed by atoms with Crippen molar-refractivity contribution in [1.29, 1.82) is 0 Å². The molecule has 4 aromatic rings. The average Bonchev–Trinajstić information content (AvgIpc) is 2.89. The molecule has 0 fully saturated rings. The Bertz CT molecular complexity index is 1070. The molecular weight excluding hydrogens is 286 g/mol. The normalized spacial score (nSPS) is 11.4. The quantitative estimate of drug-likeness (QED) is 0.536. The van der Waals surface area contributed by atoms with Crippen LogP contribution in [0.5, 0.6) is 0 Å². The van der Waals surface area contributed by atoms with Crippen molar-refractivity contribution in [3.8, 4) is 11.1 Å². The number of nitrogens with zero attached hydrogens (tertiary/aromatic N) is 1. The van der Waals surface area contributed by atoms with Gasteiger partial charge >= 0.3 is 5.63 Å². The van der Waals surface area contributed by atoms with E-state index in [0.717, 1.165) is 34.0 Å². The number of benzene rings is 2. The molecule has 4 rings (SSSR count). The molecule has 0 unspecified atom stereocenters. The molecule has 2 aromatic carbocycles. The van der Waals surface area contributed by atoms with Gasteiger partial charge in [-0.15, -0.1) is 0 Å². The Balaban J connectivity index is 2.21. The van der Waals surface area contributed by atoms with Gasteiger partial charge in [0.2, 0.25) is 5.71 Å². The molecule has 0 radical (unpaired) electrons. The minimum absolute atomic E-state index is 0.279. The Morgan fingerprint density at radius 1 is 1.00 bits per heavy atom. The second-order valence-corrected chi connectivity index (χ2v) is 5.70. The minimum atomic E-state index is -0.279. The zero-order valence-corrected chi connectivity index (χ0v) is 13.2. The van der Waals surface area contributed by atoms with Gasteiger partial charge in [-0.25, -0.2) is 4.79 Å². The number of hydrogen-bond donors (Lipinski definition) is 0. The van der Waals surface area contributed by atoms with Crippen molar-refractivity contribution in [2.45, 2.75) is 20.4 Å². The molecule has 0 atom stereocenters. The lowest BCUT2D eigenvalue weighted by Gasteiger charge is -2.07. The van der Waals surface area contributed by atoms with Gasteiger partial charge in [0.05, 0.1) is 11.1 Å². The third-order valence-corrected chi connectivity index (χ3v) is 4.45. The highest BCUT2D eigenvalue weighted by molar-refractivity contribution is 6.09. The van der Waals surface area contributed by atoms with Gasteiger partial charge in [-0.3, -0.25) is 0 Å². The van der Waals surface area contributed by atoms with Crippen molar-refractivity contribution in [3.63, 3.8) is 0 Å². The summed E-state index contributed by atoms with van der Waals surface area (Å²) in [6.45, 7) is 4.83. The maximum atomic E-state index is 12.6. The lowest BCUT2D eigenvalue weighted by molar-refractivity contribution is 0.530. The monoisotopic (exact) mass is 303 g/mol. The van der Waals surface area contributed by atoms with E-state index < -0.39 is 0 Å². The summed E-state index contributed by atoms with van der Waals surface area (Å²) in [5.74, 6) is 0. The standard InChI is InChI=1S/C20H17NO2/c1-3-21-16-12-8-7-11-15(16)18-13(2)17(20(22)23-19(18)21)14-9-5-4-6-10-14/h4-12H,3H2,1-2H3. The molecule has 0 spiro atoms. The van der Waals surface area contributed by atoms with Crippen LogP contribution in [0.15, 0.2) is 63.8 Å². The SMILES string of the molecule is CCn1c2ccccc2c2c(C)c(-c3ccccc3)c(=O)oc21. The molecule has 2 heterocycles. The van der Waals surface area contributed by atoms with E-state index in [1.54, 1.807) is 0 Å². The summed E-state index contributed by atoms with van der Waals surface area (Å²) in [7, 11) is 0.